The first-order chi connectivity index (χ1) is 17.0. The number of carbonyl (C=O) groups is 4. The molecule has 4 heterocycles. The fourth-order valence-electron chi connectivity index (χ4n) is 5.78. The van der Waals surface area contributed by atoms with E-state index in [2.05, 4.69) is 4.98 Å². The van der Waals surface area contributed by atoms with Gasteiger partial charge < -0.3 is 4.90 Å². The average Bonchev–Trinajstić information content (AvgIpc) is 3.32. The van der Waals surface area contributed by atoms with Crippen LogP contribution in [0.2, 0.25) is 0 Å². The third-order valence-corrected chi connectivity index (χ3v) is 7.28. The Hall–Kier alpha value is -4.33. The van der Waals surface area contributed by atoms with Crippen molar-refractivity contribution in [1.82, 2.24) is 4.98 Å². The Morgan fingerprint density at radius 1 is 0.714 bits per heavy atom. The van der Waals surface area contributed by atoms with Crippen molar-refractivity contribution in [2.75, 3.05) is 21.7 Å². The minimum absolute atomic E-state index is 0.0475. The van der Waals surface area contributed by atoms with E-state index in [1.54, 1.807) is 72.7 Å². The second-order valence-electron chi connectivity index (χ2n) is 9.08. The number of carbonyl (C=O) groups excluding carboxylic acids is 4. The van der Waals surface area contributed by atoms with Crippen LogP contribution in [-0.4, -0.2) is 41.7 Å². The zero-order valence-corrected chi connectivity index (χ0v) is 18.9. The van der Waals surface area contributed by atoms with Crippen molar-refractivity contribution in [3.8, 4) is 0 Å². The lowest BCUT2D eigenvalue weighted by molar-refractivity contribution is -0.124. The number of imide groups is 2. The molecule has 3 aromatic rings. The van der Waals surface area contributed by atoms with Crippen molar-refractivity contribution >= 4 is 40.7 Å². The van der Waals surface area contributed by atoms with Crippen LogP contribution < -0.4 is 14.7 Å². The smallest absolute Gasteiger partial charge is 0.257 e. The predicted molar refractivity (Wildman–Crippen MR) is 129 cm³/mol. The summed E-state index contributed by atoms with van der Waals surface area (Å²) in [7, 11) is 1.77. The number of aromatic nitrogens is 1. The Bertz CT molecular complexity index is 1360. The Balaban J connectivity index is 1.47. The number of likely N-dealkylation sites (N-methyl/N-ethyl adjacent to an activating group) is 1. The van der Waals surface area contributed by atoms with Gasteiger partial charge in [0, 0.05) is 25.6 Å². The molecule has 8 heteroatoms. The molecule has 0 saturated carbocycles. The van der Waals surface area contributed by atoms with E-state index in [4.69, 9.17) is 0 Å². The van der Waals surface area contributed by atoms with Crippen LogP contribution in [0.1, 0.15) is 18.0 Å². The number of hydrogen-bond donors (Lipinski definition) is 0. The molecule has 2 fully saturated rings. The first kappa shape index (κ1) is 21.2. The zero-order valence-electron chi connectivity index (χ0n) is 18.9. The topological polar surface area (TPSA) is 90.9 Å². The summed E-state index contributed by atoms with van der Waals surface area (Å²) in [5, 5.41) is 0. The van der Waals surface area contributed by atoms with Gasteiger partial charge in [-0.15, -0.1) is 0 Å². The molecule has 4 atom stereocenters. The van der Waals surface area contributed by atoms with Crippen molar-refractivity contribution in [2.24, 2.45) is 11.8 Å². The molecule has 35 heavy (non-hydrogen) atoms. The largest absolute Gasteiger partial charge is 0.360 e. The quantitative estimate of drug-likeness (QED) is 0.552. The Kier molecular flexibility index (Phi) is 4.77. The van der Waals surface area contributed by atoms with Gasteiger partial charge in [0.15, 0.2) is 0 Å². The van der Waals surface area contributed by atoms with E-state index in [1.807, 2.05) is 18.2 Å². The van der Waals surface area contributed by atoms with Crippen molar-refractivity contribution in [2.45, 2.75) is 18.4 Å². The molecule has 0 radical (unpaired) electrons. The standard InChI is InChI=1S/C27H22N4O4/c1-29-19-13-8-14-28-23(19)21(18-15-20(32)30(25(18)33)16-9-4-2-5-10-16)22-24(29)27(35)31(26(22)34)17-11-6-3-7-12-17/h2-14,18,21-22,24H,15H2,1H3/t18?,21-,22-,24+/m0/s1. The summed E-state index contributed by atoms with van der Waals surface area (Å²) < 4.78 is 0. The van der Waals surface area contributed by atoms with E-state index in [1.165, 1.54) is 9.80 Å². The first-order valence-electron chi connectivity index (χ1n) is 11.5. The van der Waals surface area contributed by atoms with Crippen LogP contribution in [-0.2, 0) is 19.2 Å². The summed E-state index contributed by atoms with van der Waals surface area (Å²) in [6, 6.07) is 20.4. The lowest BCUT2D eigenvalue weighted by Gasteiger charge is -2.40. The third-order valence-electron chi connectivity index (χ3n) is 7.28. The molecule has 2 saturated heterocycles. The van der Waals surface area contributed by atoms with Crippen LogP contribution in [0.4, 0.5) is 17.1 Å². The van der Waals surface area contributed by atoms with Crippen LogP contribution in [0, 0.1) is 11.8 Å². The number of nitrogens with zero attached hydrogens (tertiary/aromatic N) is 4. The third kappa shape index (κ3) is 3.02. The van der Waals surface area contributed by atoms with Gasteiger partial charge in [-0.1, -0.05) is 36.4 Å². The molecule has 174 valence electrons. The number of benzene rings is 2. The highest BCUT2D eigenvalue weighted by Crippen LogP contribution is 2.51. The SMILES string of the molecule is CN1c2cccnc2[C@@H](C2CC(=O)N(c3ccccc3)C2=O)[C@@H]2C(=O)N(c3ccccc3)C(=O)[C@@H]21. The number of amides is 4. The molecule has 4 amide bonds. The van der Waals surface area contributed by atoms with Gasteiger partial charge in [0.25, 0.3) is 5.91 Å². The van der Waals surface area contributed by atoms with Gasteiger partial charge in [-0.25, -0.2) is 4.90 Å². The molecule has 0 aliphatic carbocycles. The monoisotopic (exact) mass is 466 g/mol. The zero-order chi connectivity index (χ0) is 24.3. The highest BCUT2D eigenvalue weighted by Gasteiger charge is 2.61. The molecule has 3 aliphatic rings. The molecule has 6 rings (SSSR count). The summed E-state index contributed by atoms with van der Waals surface area (Å²) in [5.41, 5.74) is 2.23. The second kappa shape index (κ2) is 7.87. The number of hydrogen-bond acceptors (Lipinski definition) is 6. The van der Waals surface area contributed by atoms with Gasteiger partial charge in [-0.2, -0.15) is 0 Å². The van der Waals surface area contributed by atoms with Crippen LogP contribution in [0.15, 0.2) is 79.0 Å². The van der Waals surface area contributed by atoms with Crippen molar-refractivity contribution in [3.05, 3.63) is 84.7 Å². The number of rotatable bonds is 3. The number of anilines is 3. The Morgan fingerprint density at radius 2 is 1.34 bits per heavy atom. The maximum atomic E-state index is 13.9. The summed E-state index contributed by atoms with van der Waals surface area (Å²) in [5.74, 6) is -3.76. The maximum Gasteiger partial charge on any atom is 0.257 e. The second-order valence-corrected chi connectivity index (χ2v) is 9.08. The van der Waals surface area contributed by atoms with E-state index >= 15 is 0 Å². The molecule has 0 N–H and O–H groups in total. The number of para-hydroxylation sites is 2. The molecule has 1 unspecified atom stereocenters. The molecule has 0 bridgehead atoms. The molecular weight excluding hydrogens is 444 g/mol. The van der Waals surface area contributed by atoms with E-state index in [9.17, 15) is 19.2 Å². The van der Waals surface area contributed by atoms with Crippen LogP contribution in [0.5, 0.6) is 0 Å². The van der Waals surface area contributed by atoms with Crippen molar-refractivity contribution in [3.63, 3.8) is 0 Å². The average molecular weight is 466 g/mol. The van der Waals surface area contributed by atoms with E-state index in [0.29, 0.717) is 22.8 Å². The lowest BCUT2D eigenvalue weighted by Crippen LogP contribution is -2.50. The first-order valence-corrected chi connectivity index (χ1v) is 11.5. The van der Waals surface area contributed by atoms with E-state index < -0.39 is 23.8 Å². The van der Waals surface area contributed by atoms with Crippen LogP contribution >= 0.6 is 0 Å². The minimum atomic E-state index is -0.840. The maximum absolute atomic E-state index is 13.9. The van der Waals surface area contributed by atoms with Gasteiger partial charge in [0.2, 0.25) is 17.7 Å². The fraction of sp³-hybridized carbons (Fsp3) is 0.222. The lowest BCUT2D eigenvalue weighted by atomic mass is 9.72. The number of pyridine rings is 1. The molecule has 2 aromatic carbocycles. The Labute approximate surface area is 201 Å². The molecular formula is C27H22N4O4. The highest BCUT2D eigenvalue weighted by molar-refractivity contribution is 6.26. The Morgan fingerprint density at radius 3 is 2.00 bits per heavy atom. The fourth-order valence-corrected chi connectivity index (χ4v) is 5.78. The molecule has 0 spiro atoms. The van der Waals surface area contributed by atoms with E-state index in [0.717, 1.165) is 0 Å². The van der Waals surface area contributed by atoms with Crippen molar-refractivity contribution < 1.29 is 19.2 Å². The molecule has 1 aromatic heterocycles. The van der Waals surface area contributed by atoms with Crippen LogP contribution in [0.3, 0.4) is 0 Å². The van der Waals surface area contributed by atoms with E-state index in [-0.39, 0.29) is 30.0 Å². The normalized spacial score (nSPS) is 25.8. The van der Waals surface area contributed by atoms with Gasteiger partial charge >= 0.3 is 0 Å². The van der Waals surface area contributed by atoms with Gasteiger partial charge in [-0.05, 0) is 36.4 Å². The van der Waals surface area contributed by atoms with Gasteiger partial charge in [0.1, 0.15) is 6.04 Å². The summed E-state index contributed by atoms with van der Waals surface area (Å²) in [6.45, 7) is 0. The van der Waals surface area contributed by atoms with Crippen LogP contribution in [0.25, 0.3) is 0 Å². The molecule has 3 aliphatic heterocycles. The predicted octanol–water partition coefficient (Wildman–Crippen LogP) is 2.75. The molecule has 8 nitrogen and oxygen atoms in total. The van der Waals surface area contributed by atoms with Crippen molar-refractivity contribution in [1.29, 1.82) is 0 Å². The van der Waals surface area contributed by atoms with Gasteiger partial charge in [-0.3, -0.25) is 29.1 Å². The number of fused-ring (bicyclic) bond motifs is 2. The summed E-state index contributed by atoms with van der Waals surface area (Å²) in [6.07, 6.45) is 1.57. The summed E-state index contributed by atoms with van der Waals surface area (Å²) in [4.78, 5) is 63.0. The highest BCUT2D eigenvalue weighted by atomic mass is 16.2. The minimum Gasteiger partial charge on any atom is -0.360 e. The summed E-state index contributed by atoms with van der Waals surface area (Å²) >= 11 is 0. The van der Waals surface area contributed by atoms with Gasteiger partial charge in [0.05, 0.1) is 34.6 Å².